The lowest BCUT2D eigenvalue weighted by Gasteiger charge is -2.35. The van der Waals surface area contributed by atoms with Gasteiger partial charge in [-0.1, -0.05) is 28.8 Å². The van der Waals surface area contributed by atoms with E-state index >= 15 is 0 Å². The summed E-state index contributed by atoms with van der Waals surface area (Å²) in [7, 11) is -3.20. The number of hydrogen-bond acceptors (Lipinski definition) is 3. The molecular formula is C12H14BrNO2S. The Morgan fingerprint density at radius 2 is 1.94 bits per heavy atom. The Kier molecular flexibility index (Phi) is 2.52. The summed E-state index contributed by atoms with van der Waals surface area (Å²) in [5.41, 5.74) is 0.741. The Bertz CT molecular complexity index is 562. The standard InChI is InChI=1S/C12H14BrNO2S/c13-9-3-4-10-11(7-9)17(15,16)12(8-14-10)5-1-2-6-12/h3-4,7,14H,1-2,5-6,8H2. The Labute approximate surface area is 110 Å². The second-order valence-corrected chi connectivity index (χ2v) is 8.12. The third-order valence-corrected chi connectivity index (χ3v) is 7.02. The van der Waals surface area contributed by atoms with Crippen LogP contribution in [0, 0.1) is 0 Å². The summed E-state index contributed by atoms with van der Waals surface area (Å²) in [6.45, 7) is 0.559. The first kappa shape index (κ1) is 11.5. The van der Waals surface area contributed by atoms with E-state index in [1.54, 1.807) is 6.07 Å². The van der Waals surface area contributed by atoms with E-state index in [0.29, 0.717) is 11.4 Å². The molecule has 0 atom stereocenters. The Morgan fingerprint density at radius 3 is 2.65 bits per heavy atom. The highest BCUT2D eigenvalue weighted by Crippen LogP contribution is 2.45. The van der Waals surface area contributed by atoms with Crippen molar-refractivity contribution in [1.29, 1.82) is 0 Å². The maximum atomic E-state index is 12.7. The minimum atomic E-state index is -3.20. The van der Waals surface area contributed by atoms with Crippen molar-refractivity contribution in [2.45, 2.75) is 35.3 Å². The summed E-state index contributed by atoms with van der Waals surface area (Å²) in [6, 6.07) is 5.42. The fraction of sp³-hybridized carbons (Fsp3) is 0.500. The topological polar surface area (TPSA) is 46.2 Å². The van der Waals surface area contributed by atoms with Gasteiger partial charge in [0, 0.05) is 11.0 Å². The van der Waals surface area contributed by atoms with E-state index in [9.17, 15) is 8.42 Å². The molecule has 1 spiro atoms. The van der Waals surface area contributed by atoms with Crippen molar-refractivity contribution in [3.63, 3.8) is 0 Å². The van der Waals surface area contributed by atoms with Crippen LogP contribution in [0.15, 0.2) is 27.6 Å². The molecule has 3 rings (SSSR count). The van der Waals surface area contributed by atoms with Gasteiger partial charge in [-0.05, 0) is 31.0 Å². The lowest BCUT2D eigenvalue weighted by Crippen LogP contribution is -2.45. The Hall–Kier alpha value is -0.550. The molecule has 0 bridgehead atoms. The maximum absolute atomic E-state index is 12.7. The molecule has 1 fully saturated rings. The average Bonchev–Trinajstić information content (AvgIpc) is 2.76. The number of fused-ring (bicyclic) bond motifs is 1. The van der Waals surface area contributed by atoms with Crippen molar-refractivity contribution in [2.75, 3.05) is 11.9 Å². The second kappa shape index (κ2) is 3.72. The highest BCUT2D eigenvalue weighted by Gasteiger charge is 2.49. The Balaban J connectivity index is 2.20. The van der Waals surface area contributed by atoms with Crippen LogP contribution in [-0.2, 0) is 9.84 Å². The Morgan fingerprint density at radius 1 is 1.24 bits per heavy atom. The quantitative estimate of drug-likeness (QED) is 0.800. The SMILES string of the molecule is O=S1(=O)c2cc(Br)ccc2NCC12CCCC2. The number of anilines is 1. The fourth-order valence-corrected chi connectivity index (χ4v) is 5.69. The number of hydrogen-bond donors (Lipinski definition) is 1. The number of sulfone groups is 1. The third-order valence-electron chi connectivity index (χ3n) is 3.92. The molecule has 1 aromatic rings. The first-order valence-electron chi connectivity index (χ1n) is 5.83. The van der Waals surface area contributed by atoms with Crippen molar-refractivity contribution in [3.05, 3.63) is 22.7 Å². The minimum absolute atomic E-state index is 0.458. The van der Waals surface area contributed by atoms with E-state index in [-0.39, 0.29) is 0 Å². The van der Waals surface area contributed by atoms with Gasteiger partial charge < -0.3 is 5.32 Å². The zero-order valence-corrected chi connectivity index (χ0v) is 11.8. The molecule has 1 aliphatic carbocycles. The van der Waals surface area contributed by atoms with Gasteiger partial charge >= 0.3 is 0 Å². The van der Waals surface area contributed by atoms with Gasteiger partial charge in [0.05, 0.1) is 15.3 Å². The van der Waals surface area contributed by atoms with Gasteiger partial charge in [0.2, 0.25) is 0 Å². The van der Waals surface area contributed by atoms with Crippen LogP contribution in [0.25, 0.3) is 0 Å². The summed E-state index contributed by atoms with van der Waals surface area (Å²) in [5.74, 6) is 0. The lowest BCUT2D eigenvalue weighted by atomic mass is 10.1. The van der Waals surface area contributed by atoms with Crippen LogP contribution in [0.1, 0.15) is 25.7 Å². The molecule has 0 unspecified atom stereocenters. The van der Waals surface area contributed by atoms with Crippen LogP contribution in [0.2, 0.25) is 0 Å². The third kappa shape index (κ3) is 1.55. The molecule has 0 saturated heterocycles. The monoisotopic (exact) mass is 315 g/mol. The molecular weight excluding hydrogens is 302 g/mol. The smallest absolute Gasteiger partial charge is 0.187 e. The van der Waals surface area contributed by atoms with Gasteiger partial charge in [-0.25, -0.2) is 8.42 Å². The maximum Gasteiger partial charge on any atom is 0.187 e. The van der Waals surface area contributed by atoms with E-state index in [4.69, 9.17) is 0 Å². The van der Waals surface area contributed by atoms with E-state index in [2.05, 4.69) is 21.2 Å². The normalized spacial score (nSPS) is 24.3. The zero-order valence-electron chi connectivity index (χ0n) is 9.37. The van der Waals surface area contributed by atoms with Crippen molar-refractivity contribution >= 4 is 31.5 Å². The second-order valence-electron chi connectivity index (χ2n) is 4.89. The minimum Gasteiger partial charge on any atom is -0.382 e. The molecule has 0 amide bonds. The van der Waals surface area contributed by atoms with Crippen LogP contribution < -0.4 is 5.32 Å². The zero-order chi connectivity index (χ0) is 12.1. The van der Waals surface area contributed by atoms with Crippen molar-refractivity contribution < 1.29 is 8.42 Å². The summed E-state index contributed by atoms with van der Waals surface area (Å²) in [4.78, 5) is 0.458. The molecule has 0 aromatic heterocycles. The van der Waals surface area contributed by atoms with E-state index in [0.717, 1.165) is 35.8 Å². The van der Waals surface area contributed by atoms with Gasteiger partial charge in [-0.3, -0.25) is 0 Å². The largest absolute Gasteiger partial charge is 0.382 e. The molecule has 3 nitrogen and oxygen atoms in total. The van der Waals surface area contributed by atoms with Gasteiger partial charge in [-0.2, -0.15) is 0 Å². The van der Waals surface area contributed by atoms with Crippen LogP contribution in [-0.4, -0.2) is 19.7 Å². The van der Waals surface area contributed by atoms with Crippen LogP contribution in [0.4, 0.5) is 5.69 Å². The summed E-state index contributed by atoms with van der Waals surface area (Å²) >= 11 is 3.35. The van der Waals surface area contributed by atoms with E-state index in [1.165, 1.54) is 0 Å². The number of halogens is 1. The van der Waals surface area contributed by atoms with Gasteiger partial charge in [0.15, 0.2) is 9.84 Å². The van der Waals surface area contributed by atoms with Crippen molar-refractivity contribution in [2.24, 2.45) is 0 Å². The summed E-state index contributed by atoms with van der Waals surface area (Å²) in [6.07, 6.45) is 3.61. The molecule has 92 valence electrons. The first-order valence-corrected chi connectivity index (χ1v) is 8.11. The number of nitrogens with one attached hydrogen (secondary N) is 1. The van der Waals surface area contributed by atoms with Gasteiger partial charge in [0.25, 0.3) is 0 Å². The fourth-order valence-electron chi connectivity index (χ4n) is 2.91. The summed E-state index contributed by atoms with van der Waals surface area (Å²) < 4.78 is 25.7. The van der Waals surface area contributed by atoms with E-state index in [1.807, 2.05) is 12.1 Å². The first-order chi connectivity index (χ1) is 8.05. The predicted molar refractivity (Wildman–Crippen MR) is 71.0 cm³/mol. The molecule has 2 aliphatic rings. The molecule has 1 saturated carbocycles. The number of rotatable bonds is 0. The molecule has 1 N–H and O–H groups in total. The van der Waals surface area contributed by atoms with Gasteiger partial charge in [-0.15, -0.1) is 0 Å². The highest BCUT2D eigenvalue weighted by atomic mass is 79.9. The molecule has 1 aromatic carbocycles. The predicted octanol–water partition coefficient (Wildman–Crippen LogP) is 2.96. The number of benzene rings is 1. The van der Waals surface area contributed by atoms with Crippen LogP contribution >= 0.6 is 15.9 Å². The highest BCUT2D eigenvalue weighted by molar-refractivity contribution is 9.10. The molecule has 0 radical (unpaired) electrons. The average molecular weight is 316 g/mol. The lowest BCUT2D eigenvalue weighted by molar-refractivity contribution is 0.516. The molecule has 1 aliphatic heterocycles. The van der Waals surface area contributed by atoms with Crippen molar-refractivity contribution in [1.82, 2.24) is 0 Å². The molecule has 17 heavy (non-hydrogen) atoms. The van der Waals surface area contributed by atoms with E-state index < -0.39 is 14.6 Å². The summed E-state index contributed by atoms with van der Waals surface area (Å²) in [5, 5.41) is 3.28. The molecule has 1 heterocycles. The van der Waals surface area contributed by atoms with Crippen LogP contribution in [0.3, 0.4) is 0 Å². The van der Waals surface area contributed by atoms with Crippen LogP contribution in [0.5, 0.6) is 0 Å². The van der Waals surface area contributed by atoms with Gasteiger partial charge in [0.1, 0.15) is 0 Å². The molecule has 5 heteroatoms. The van der Waals surface area contributed by atoms with Crippen molar-refractivity contribution in [3.8, 4) is 0 Å².